The third kappa shape index (κ3) is 1.64. The van der Waals surface area contributed by atoms with E-state index >= 15 is 0 Å². The average molecular weight is 183 g/mol. The lowest BCUT2D eigenvalue weighted by Gasteiger charge is -2.05. The topological polar surface area (TPSA) is 92.8 Å². The quantitative estimate of drug-likeness (QED) is 0.254. The SMILES string of the molecule is COC(=O)c1cc(O)cc(O)c1N. The van der Waals surface area contributed by atoms with Crippen LogP contribution in [0.25, 0.3) is 0 Å². The van der Waals surface area contributed by atoms with Gasteiger partial charge in [0.25, 0.3) is 0 Å². The Morgan fingerprint density at radius 3 is 2.62 bits per heavy atom. The number of anilines is 1. The molecule has 5 heteroatoms. The van der Waals surface area contributed by atoms with E-state index in [0.717, 1.165) is 12.1 Å². The summed E-state index contributed by atoms with van der Waals surface area (Å²) in [4.78, 5) is 11.0. The lowest BCUT2D eigenvalue weighted by atomic mass is 10.1. The summed E-state index contributed by atoms with van der Waals surface area (Å²) in [6.07, 6.45) is 0. The minimum atomic E-state index is -0.705. The third-order valence-corrected chi connectivity index (χ3v) is 1.55. The van der Waals surface area contributed by atoms with Gasteiger partial charge in [0.15, 0.2) is 0 Å². The van der Waals surface area contributed by atoms with Gasteiger partial charge in [-0.1, -0.05) is 0 Å². The summed E-state index contributed by atoms with van der Waals surface area (Å²) in [6, 6.07) is 2.17. The van der Waals surface area contributed by atoms with Gasteiger partial charge in [0.2, 0.25) is 0 Å². The molecule has 5 nitrogen and oxygen atoms in total. The van der Waals surface area contributed by atoms with Crippen LogP contribution in [-0.2, 0) is 4.74 Å². The zero-order chi connectivity index (χ0) is 10.0. The Morgan fingerprint density at radius 1 is 1.46 bits per heavy atom. The van der Waals surface area contributed by atoms with Crippen molar-refractivity contribution < 1.29 is 19.7 Å². The first-order valence-electron chi connectivity index (χ1n) is 3.46. The van der Waals surface area contributed by atoms with E-state index in [-0.39, 0.29) is 22.7 Å². The molecule has 0 atom stereocenters. The maximum absolute atomic E-state index is 11.0. The highest BCUT2D eigenvalue weighted by molar-refractivity contribution is 5.97. The van der Waals surface area contributed by atoms with E-state index in [1.807, 2.05) is 0 Å². The van der Waals surface area contributed by atoms with Crippen molar-refractivity contribution in [2.24, 2.45) is 0 Å². The Morgan fingerprint density at radius 2 is 2.08 bits per heavy atom. The van der Waals surface area contributed by atoms with Gasteiger partial charge in [-0.3, -0.25) is 0 Å². The van der Waals surface area contributed by atoms with Crippen LogP contribution in [-0.4, -0.2) is 23.3 Å². The molecule has 13 heavy (non-hydrogen) atoms. The second kappa shape index (κ2) is 3.22. The predicted molar refractivity (Wildman–Crippen MR) is 45.5 cm³/mol. The molecule has 0 spiro atoms. The maximum Gasteiger partial charge on any atom is 0.340 e. The molecule has 0 aliphatic rings. The van der Waals surface area contributed by atoms with Crippen molar-refractivity contribution in [1.82, 2.24) is 0 Å². The van der Waals surface area contributed by atoms with Crippen LogP contribution in [0.15, 0.2) is 12.1 Å². The molecule has 0 aliphatic carbocycles. The molecule has 4 N–H and O–H groups in total. The number of methoxy groups -OCH3 is 1. The monoisotopic (exact) mass is 183 g/mol. The van der Waals surface area contributed by atoms with Gasteiger partial charge in [0.1, 0.15) is 11.5 Å². The Hall–Kier alpha value is -1.91. The highest BCUT2D eigenvalue weighted by atomic mass is 16.5. The van der Waals surface area contributed by atoms with Crippen LogP contribution >= 0.6 is 0 Å². The molecule has 1 aromatic rings. The zero-order valence-electron chi connectivity index (χ0n) is 6.94. The molecule has 0 radical (unpaired) electrons. The first kappa shape index (κ1) is 9.18. The second-order valence-corrected chi connectivity index (χ2v) is 2.42. The largest absolute Gasteiger partial charge is 0.508 e. The van der Waals surface area contributed by atoms with E-state index in [1.54, 1.807) is 0 Å². The summed E-state index contributed by atoms with van der Waals surface area (Å²) in [5, 5.41) is 18.2. The van der Waals surface area contributed by atoms with Gasteiger partial charge in [-0.05, 0) is 6.07 Å². The van der Waals surface area contributed by atoms with Gasteiger partial charge in [0.05, 0.1) is 18.4 Å². The fourth-order valence-corrected chi connectivity index (χ4v) is 0.902. The van der Waals surface area contributed by atoms with Crippen LogP contribution in [0.2, 0.25) is 0 Å². The molecule has 1 rings (SSSR count). The minimum absolute atomic E-state index is 0.0556. The number of phenols is 2. The normalized spacial score (nSPS) is 9.62. The number of benzene rings is 1. The molecule has 1 aromatic carbocycles. The fourth-order valence-electron chi connectivity index (χ4n) is 0.902. The lowest BCUT2D eigenvalue weighted by Crippen LogP contribution is -2.05. The smallest absolute Gasteiger partial charge is 0.340 e. The van der Waals surface area contributed by atoms with Crippen LogP contribution in [0, 0.1) is 0 Å². The molecule has 0 aromatic heterocycles. The number of carbonyl (C=O) groups excluding carboxylic acids is 1. The predicted octanol–water partition coefficient (Wildman–Crippen LogP) is 0.467. The average Bonchev–Trinajstić information content (AvgIpc) is 2.10. The van der Waals surface area contributed by atoms with Crippen molar-refractivity contribution in [3.8, 4) is 11.5 Å². The number of nitrogen functional groups attached to an aromatic ring is 1. The zero-order valence-corrected chi connectivity index (χ0v) is 6.94. The van der Waals surface area contributed by atoms with Gasteiger partial charge < -0.3 is 20.7 Å². The summed E-state index contributed by atoms with van der Waals surface area (Å²) in [5.74, 6) is -1.30. The molecule has 0 heterocycles. The maximum atomic E-state index is 11.0. The van der Waals surface area contributed by atoms with E-state index in [4.69, 9.17) is 15.9 Å². The summed E-state index contributed by atoms with van der Waals surface area (Å²) in [6.45, 7) is 0. The molecule has 0 unspecified atom stereocenters. The molecular formula is C8H9NO4. The molecule has 0 amide bonds. The summed E-state index contributed by atoms with van der Waals surface area (Å²) < 4.78 is 4.39. The second-order valence-electron chi connectivity index (χ2n) is 2.42. The molecular weight excluding hydrogens is 174 g/mol. The van der Waals surface area contributed by atoms with E-state index in [9.17, 15) is 4.79 Å². The molecule has 0 bridgehead atoms. The summed E-state index contributed by atoms with van der Waals surface area (Å²) >= 11 is 0. The standard InChI is InChI=1S/C8H9NO4/c1-13-8(12)5-2-4(10)3-6(11)7(5)9/h2-3,10-11H,9H2,1H3. The number of phenolic OH excluding ortho intramolecular Hbond substituents is 2. The van der Waals surface area contributed by atoms with E-state index < -0.39 is 5.97 Å². The van der Waals surface area contributed by atoms with Crippen molar-refractivity contribution in [2.45, 2.75) is 0 Å². The van der Waals surface area contributed by atoms with Gasteiger partial charge in [0, 0.05) is 6.07 Å². The molecule has 0 fully saturated rings. The number of carbonyl (C=O) groups is 1. The summed E-state index contributed by atoms with van der Waals surface area (Å²) in [5.41, 5.74) is 5.20. The first-order valence-corrected chi connectivity index (χ1v) is 3.46. The van der Waals surface area contributed by atoms with Crippen LogP contribution < -0.4 is 5.73 Å². The number of ether oxygens (including phenoxy) is 1. The van der Waals surface area contributed by atoms with E-state index in [0.29, 0.717) is 0 Å². The van der Waals surface area contributed by atoms with E-state index in [2.05, 4.69) is 4.74 Å². The van der Waals surface area contributed by atoms with Gasteiger partial charge in [-0.25, -0.2) is 4.79 Å². The van der Waals surface area contributed by atoms with Crippen LogP contribution in [0.1, 0.15) is 10.4 Å². The summed E-state index contributed by atoms with van der Waals surface area (Å²) in [7, 11) is 1.18. The van der Waals surface area contributed by atoms with Gasteiger partial charge in [-0.15, -0.1) is 0 Å². The number of aromatic hydroxyl groups is 2. The Kier molecular flexibility index (Phi) is 2.27. The number of esters is 1. The number of hydrogen-bond acceptors (Lipinski definition) is 5. The lowest BCUT2D eigenvalue weighted by molar-refractivity contribution is 0.0601. The van der Waals surface area contributed by atoms with Crippen molar-refractivity contribution in [1.29, 1.82) is 0 Å². The van der Waals surface area contributed by atoms with Gasteiger partial charge >= 0.3 is 5.97 Å². The number of hydrogen-bond donors (Lipinski definition) is 3. The third-order valence-electron chi connectivity index (χ3n) is 1.55. The molecule has 0 aliphatic heterocycles. The number of rotatable bonds is 1. The van der Waals surface area contributed by atoms with Crippen LogP contribution in [0.5, 0.6) is 11.5 Å². The highest BCUT2D eigenvalue weighted by Crippen LogP contribution is 2.29. The Balaban J connectivity index is 3.28. The first-order chi connectivity index (χ1) is 6.06. The van der Waals surface area contributed by atoms with E-state index in [1.165, 1.54) is 7.11 Å². The van der Waals surface area contributed by atoms with Crippen molar-refractivity contribution in [3.63, 3.8) is 0 Å². The fraction of sp³-hybridized carbons (Fsp3) is 0.125. The Bertz CT molecular complexity index is 348. The van der Waals surface area contributed by atoms with Crippen LogP contribution in [0.4, 0.5) is 5.69 Å². The molecule has 70 valence electrons. The van der Waals surface area contributed by atoms with Gasteiger partial charge in [-0.2, -0.15) is 0 Å². The highest BCUT2D eigenvalue weighted by Gasteiger charge is 2.14. The molecule has 0 saturated carbocycles. The van der Waals surface area contributed by atoms with Crippen LogP contribution in [0.3, 0.4) is 0 Å². The van der Waals surface area contributed by atoms with Crippen molar-refractivity contribution >= 4 is 11.7 Å². The van der Waals surface area contributed by atoms with Crippen molar-refractivity contribution in [3.05, 3.63) is 17.7 Å². The van der Waals surface area contributed by atoms with Crippen molar-refractivity contribution in [2.75, 3.05) is 12.8 Å². The minimum Gasteiger partial charge on any atom is -0.508 e. The Labute approximate surface area is 74.4 Å². The number of nitrogens with two attached hydrogens (primary N) is 1. The molecule has 0 saturated heterocycles.